The van der Waals surface area contributed by atoms with E-state index in [9.17, 15) is 4.79 Å². The van der Waals surface area contributed by atoms with Crippen LogP contribution in [-0.4, -0.2) is 42.5 Å². The fourth-order valence-electron chi connectivity index (χ4n) is 2.80. The molecular weight excluding hydrogens is 308 g/mol. The van der Waals surface area contributed by atoms with Crippen LogP contribution >= 0.6 is 0 Å². The standard InChI is InChI=1S/C15H16N8O/c1-9-13(8-23-15(21(9)3)18-19-20-23)14(24)17-11-4-5-12-6-16-10(2)22(12)7-11/h4-7H,8H2,1-3H3,(H,17,24). The lowest BCUT2D eigenvalue weighted by Gasteiger charge is -2.26. The molecule has 0 radical (unpaired) electrons. The summed E-state index contributed by atoms with van der Waals surface area (Å²) < 4.78 is 3.54. The van der Waals surface area contributed by atoms with Gasteiger partial charge in [-0.15, -0.1) is 0 Å². The van der Waals surface area contributed by atoms with Crippen LogP contribution in [0, 0.1) is 6.92 Å². The minimum Gasteiger partial charge on any atom is -0.321 e. The Hall–Kier alpha value is -3.23. The Morgan fingerprint density at radius 1 is 1.29 bits per heavy atom. The largest absolute Gasteiger partial charge is 0.321 e. The second-order valence-electron chi connectivity index (χ2n) is 5.73. The number of carbonyl (C=O) groups is 1. The molecule has 0 saturated heterocycles. The molecule has 1 aliphatic heterocycles. The molecular formula is C15H16N8O. The molecule has 0 saturated carbocycles. The number of pyridine rings is 1. The van der Waals surface area contributed by atoms with Crippen molar-refractivity contribution >= 4 is 23.1 Å². The third-order valence-electron chi connectivity index (χ3n) is 4.30. The highest BCUT2D eigenvalue weighted by Crippen LogP contribution is 2.24. The molecule has 9 nitrogen and oxygen atoms in total. The van der Waals surface area contributed by atoms with E-state index in [0.717, 1.165) is 17.0 Å². The third kappa shape index (κ3) is 2.13. The van der Waals surface area contributed by atoms with Gasteiger partial charge < -0.3 is 14.6 Å². The van der Waals surface area contributed by atoms with Gasteiger partial charge in [-0.2, -0.15) is 0 Å². The average Bonchev–Trinajstić information content (AvgIpc) is 3.18. The van der Waals surface area contributed by atoms with Crippen molar-refractivity contribution in [1.82, 2.24) is 29.6 Å². The summed E-state index contributed by atoms with van der Waals surface area (Å²) in [6, 6.07) is 3.78. The smallest absolute Gasteiger partial charge is 0.255 e. The van der Waals surface area contributed by atoms with Crippen molar-refractivity contribution in [1.29, 1.82) is 0 Å². The molecule has 0 atom stereocenters. The van der Waals surface area contributed by atoms with Crippen LogP contribution in [0.2, 0.25) is 0 Å². The molecule has 1 N–H and O–H groups in total. The van der Waals surface area contributed by atoms with E-state index in [-0.39, 0.29) is 5.91 Å². The molecule has 122 valence electrons. The van der Waals surface area contributed by atoms with Crippen molar-refractivity contribution in [3.8, 4) is 0 Å². The zero-order chi connectivity index (χ0) is 16.8. The summed E-state index contributed by atoms with van der Waals surface area (Å²) in [4.78, 5) is 18.8. The normalized spacial score (nSPS) is 14.2. The first-order chi connectivity index (χ1) is 11.5. The van der Waals surface area contributed by atoms with Gasteiger partial charge in [0.25, 0.3) is 5.91 Å². The molecule has 3 aromatic heterocycles. The van der Waals surface area contributed by atoms with Gasteiger partial charge in [0.1, 0.15) is 5.82 Å². The van der Waals surface area contributed by atoms with Gasteiger partial charge in [-0.05, 0) is 36.4 Å². The van der Waals surface area contributed by atoms with E-state index >= 15 is 0 Å². The zero-order valence-electron chi connectivity index (χ0n) is 13.6. The fourth-order valence-corrected chi connectivity index (χ4v) is 2.80. The highest BCUT2D eigenvalue weighted by molar-refractivity contribution is 6.04. The van der Waals surface area contributed by atoms with Gasteiger partial charge in [-0.25, -0.2) is 9.67 Å². The predicted octanol–water partition coefficient (Wildman–Crippen LogP) is 0.992. The van der Waals surface area contributed by atoms with Crippen molar-refractivity contribution in [3.05, 3.63) is 41.6 Å². The van der Waals surface area contributed by atoms with Crippen LogP contribution in [0.15, 0.2) is 35.8 Å². The van der Waals surface area contributed by atoms with Crippen molar-refractivity contribution in [2.75, 3.05) is 17.3 Å². The molecule has 0 aromatic carbocycles. The number of allylic oxidation sites excluding steroid dienone is 1. The van der Waals surface area contributed by atoms with Crippen molar-refractivity contribution in [2.24, 2.45) is 0 Å². The number of aryl methyl sites for hydroxylation is 1. The number of hydrogen-bond acceptors (Lipinski definition) is 6. The van der Waals surface area contributed by atoms with Gasteiger partial charge in [0.05, 0.1) is 29.5 Å². The lowest BCUT2D eigenvalue weighted by Crippen LogP contribution is -2.32. The number of imidazole rings is 1. The summed E-state index contributed by atoms with van der Waals surface area (Å²) >= 11 is 0. The van der Waals surface area contributed by atoms with Crippen LogP contribution in [-0.2, 0) is 11.3 Å². The Balaban J connectivity index is 1.63. The Morgan fingerprint density at radius 2 is 2.12 bits per heavy atom. The molecule has 1 amide bonds. The van der Waals surface area contributed by atoms with Crippen LogP contribution in [0.3, 0.4) is 0 Å². The van der Waals surface area contributed by atoms with Crippen LogP contribution < -0.4 is 10.2 Å². The number of rotatable bonds is 2. The molecule has 0 spiro atoms. The second-order valence-corrected chi connectivity index (χ2v) is 5.73. The molecule has 0 aliphatic carbocycles. The van der Waals surface area contributed by atoms with Crippen LogP contribution in [0.25, 0.3) is 5.52 Å². The lowest BCUT2D eigenvalue weighted by atomic mass is 10.1. The van der Waals surface area contributed by atoms with Crippen LogP contribution in [0.1, 0.15) is 12.7 Å². The van der Waals surface area contributed by atoms with Gasteiger partial charge in [-0.3, -0.25) is 4.79 Å². The van der Waals surface area contributed by atoms with E-state index in [4.69, 9.17) is 0 Å². The number of tetrazole rings is 1. The Morgan fingerprint density at radius 3 is 2.96 bits per heavy atom. The molecule has 0 bridgehead atoms. The summed E-state index contributed by atoms with van der Waals surface area (Å²) in [6.45, 7) is 4.15. The number of aromatic nitrogens is 6. The lowest BCUT2D eigenvalue weighted by molar-refractivity contribution is -0.113. The number of nitrogens with zero attached hydrogens (tertiary/aromatic N) is 7. The maximum Gasteiger partial charge on any atom is 0.255 e. The van der Waals surface area contributed by atoms with Crippen molar-refractivity contribution < 1.29 is 4.79 Å². The molecule has 4 rings (SSSR count). The number of carbonyl (C=O) groups excluding carboxylic acids is 1. The summed E-state index contributed by atoms with van der Waals surface area (Å²) in [5, 5.41) is 14.5. The fraction of sp³-hybridized carbons (Fsp3) is 0.267. The van der Waals surface area contributed by atoms with Crippen LogP contribution in [0.4, 0.5) is 11.6 Å². The van der Waals surface area contributed by atoms with E-state index in [1.807, 2.05) is 48.5 Å². The van der Waals surface area contributed by atoms with Gasteiger partial charge >= 0.3 is 0 Å². The first kappa shape index (κ1) is 14.4. The molecule has 4 heterocycles. The Kier molecular flexibility index (Phi) is 3.08. The molecule has 0 fully saturated rings. The highest BCUT2D eigenvalue weighted by atomic mass is 16.1. The molecule has 3 aromatic rings. The molecule has 9 heteroatoms. The van der Waals surface area contributed by atoms with Gasteiger partial charge in [-0.1, -0.05) is 5.10 Å². The van der Waals surface area contributed by atoms with Gasteiger partial charge in [0.2, 0.25) is 5.95 Å². The summed E-state index contributed by atoms with van der Waals surface area (Å²) in [6.07, 6.45) is 3.66. The highest BCUT2D eigenvalue weighted by Gasteiger charge is 2.26. The maximum atomic E-state index is 12.7. The van der Waals surface area contributed by atoms with E-state index in [0.29, 0.717) is 23.8 Å². The molecule has 1 aliphatic rings. The summed E-state index contributed by atoms with van der Waals surface area (Å²) in [5.74, 6) is 1.32. The molecule has 24 heavy (non-hydrogen) atoms. The van der Waals surface area contributed by atoms with E-state index in [2.05, 4.69) is 25.8 Å². The Bertz CT molecular complexity index is 982. The number of hydrogen-bond donors (Lipinski definition) is 1. The Labute approximate surface area is 137 Å². The van der Waals surface area contributed by atoms with E-state index in [1.54, 1.807) is 10.9 Å². The van der Waals surface area contributed by atoms with Crippen molar-refractivity contribution in [2.45, 2.75) is 20.4 Å². The minimum absolute atomic E-state index is 0.169. The predicted molar refractivity (Wildman–Crippen MR) is 87.5 cm³/mol. The topological polar surface area (TPSA) is 93.2 Å². The van der Waals surface area contributed by atoms with Crippen LogP contribution in [0.5, 0.6) is 0 Å². The number of anilines is 2. The average molecular weight is 324 g/mol. The van der Waals surface area contributed by atoms with Crippen molar-refractivity contribution in [3.63, 3.8) is 0 Å². The SMILES string of the molecule is CC1=C(C(=O)Nc2ccc3cnc(C)n3c2)Cn2nnnc2N1C. The summed E-state index contributed by atoms with van der Waals surface area (Å²) in [7, 11) is 1.84. The quantitative estimate of drug-likeness (QED) is 0.755. The minimum atomic E-state index is -0.169. The molecule has 0 unspecified atom stereocenters. The van der Waals surface area contributed by atoms with E-state index < -0.39 is 0 Å². The maximum absolute atomic E-state index is 12.7. The number of fused-ring (bicyclic) bond motifs is 2. The zero-order valence-corrected chi connectivity index (χ0v) is 13.6. The first-order valence-electron chi connectivity index (χ1n) is 7.49. The summed E-state index contributed by atoms with van der Waals surface area (Å²) in [5.41, 5.74) is 3.14. The monoisotopic (exact) mass is 324 g/mol. The first-order valence-corrected chi connectivity index (χ1v) is 7.49. The number of amides is 1. The van der Waals surface area contributed by atoms with E-state index in [1.165, 1.54) is 0 Å². The van der Waals surface area contributed by atoms with Gasteiger partial charge in [0.15, 0.2) is 0 Å². The number of nitrogens with one attached hydrogen (secondary N) is 1. The second kappa shape index (κ2) is 5.15. The third-order valence-corrected chi connectivity index (χ3v) is 4.30. The van der Waals surface area contributed by atoms with Gasteiger partial charge in [0, 0.05) is 18.9 Å².